The highest BCUT2D eigenvalue weighted by atomic mass is 16.8. The van der Waals surface area contributed by atoms with E-state index in [-0.39, 0.29) is 75.1 Å². The van der Waals surface area contributed by atoms with Gasteiger partial charge in [-0.15, -0.1) is 0 Å². The molecule has 3 aliphatic rings. The van der Waals surface area contributed by atoms with Gasteiger partial charge in [-0.2, -0.15) is 0 Å². The summed E-state index contributed by atoms with van der Waals surface area (Å²) in [7, 11) is 0. The van der Waals surface area contributed by atoms with E-state index in [1.165, 1.54) is 36.4 Å². The molecule has 3 heterocycles. The van der Waals surface area contributed by atoms with Gasteiger partial charge in [-0.25, -0.2) is 19.2 Å². The summed E-state index contributed by atoms with van der Waals surface area (Å²) in [5.74, 6) is -3.51. The largest absolute Gasteiger partial charge is 0.459 e. The zero-order valence-electron chi connectivity index (χ0n) is 59.1. The molecule has 0 aliphatic carbocycles. The molecule has 10 aromatic rings. The van der Waals surface area contributed by atoms with E-state index in [9.17, 15) is 19.5 Å². The van der Waals surface area contributed by atoms with Crippen molar-refractivity contribution in [3.8, 4) is 0 Å². The van der Waals surface area contributed by atoms with Gasteiger partial charge in [0, 0.05) is 0 Å². The van der Waals surface area contributed by atoms with Gasteiger partial charge in [0.25, 0.3) is 0 Å². The maximum absolute atomic E-state index is 15.1. The first-order chi connectivity index (χ1) is 53.1. The number of ether oxygens (including phenoxy) is 15. The highest BCUT2D eigenvalue weighted by molar-refractivity contribution is 5.91. The maximum atomic E-state index is 15.1. The van der Waals surface area contributed by atoms with Crippen LogP contribution >= 0.6 is 0 Å². The van der Waals surface area contributed by atoms with Gasteiger partial charge in [0.1, 0.15) is 61.5 Å². The van der Waals surface area contributed by atoms with Gasteiger partial charge in [0.05, 0.1) is 75.1 Å². The number of esters is 4. The molecule has 0 bridgehead atoms. The van der Waals surface area contributed by atoms with Crippen LogP contribution in [0, 0.1) is 0 Å². The molecule has 0 spiro atoms. The molecule has 108 heavy (non-hydrogen) atoms. The van der Waals surface area contributed by atoms with E-state index in [1.807, 2.05) is 182 Å². The van der Waals surface area contributed by atoms with E-state index in [2.05, 4.69) is 0 Å². The Labute approximate surface area is 626 Å². The normalized spacial score (nSPS) is 24.0. The molecular formula is C88H84O20. The third-order valence-corrected chi connectivity index (χ3v) is 18.4. The molecule has 15 atom stereocenters. The Morgan fingerprint density at radius 1 is 0.259 bits per heavy atom. The molecule has 13 rings (SSSR count). The zero-order valence-corrected chi connectivity index (χ0v) is 59.1. The number of aliphatic hydroxyl groups is 1. The molecule has 3 fully saturated rings. The Hall–Kier alpha value is -10.4. The molecule has 3 aliphatic heterocycles. The lowest BCUT2D eigenvalue weighted by molar-refractivity contribution is -0.389. The van der Waals surface area contributed by atoms with Crippen molar-refractivity contribution in [1.82, 2.24) is 0 Å². The van der Waals surface area contributed by atoms with Gasteiger partial charge < -0.3 is 76.2 Å². The summed E-state index contributed by atoms with van der Waals surface area (Å²) in [6.07, 6.45) is -22.1. The minimum absolute atomic E-state index is 0.0346. The number of aliphatic hydroxyl groups excluding tert-OH is 1. The Kier molecular flexibility index (Phi) is 27.3. The first kappa shape index (κ1) is 75.8. The average molecular weight is 1460 g/mol. The van der Waals surface area contributed by atoms with Crippen LogP contribution in [0.15, 0.2) is 303 Å². The van der Waals surface area contributed by atoms with Crippen molar-refractivity contribution in [2.45, 2.75) is 132 Å². The maximum Gasteiger partial charge on any atom is 0.338 e. The molecule has 0 amide bonds. The van der Waals surface area contributed by atoms with E-state index >= 15 is 4.79 Å². The highest BCUT2D eigenvalue weighted by Crippen LogP contribution is 2.40. The van der Waals surface area contributed by atoms with Gasteiger partial charge in [-0.1, -0.05) is 255 Å². The second kappa shape index (κ2) is 38.9. The van der Waals surface area contributed by atoms with Crippen molar-refractivity contribution >= 4 is 23.9 Å². The molecule has 20 heteroatoms. The van der Waals surface area contributed by atoms with Crippen molar-refractivity contribution in [3.05, 3.63) is 359 Å². The van der Waals surface area contributed by atoms with Crippen molar-refractivity contribution < 1.29 is 95.3 Å². The quantitative estimate of drug-likeness (QED) is 0.0298. The Bertz CT molecular complexity index is 4330. The van der Waals surface area contributed by atoms with Crippen LogP contribution in [0.1, 0.15) is 74.8 Å². The van der Waals surface area contributed by atoms with Gasteiger partial charge >= 0.3 is 23.9 Å². The van der Waals surface area contributed by atoms with Gasteiger partial charge in [-0.05, 0) is 81.9 Å². The number of hydrogen-bond donors (Lipinski definition) is 1. The van der Waals surface area contributed by atoms with Gasteiger partial charge in [-0.3, -0.25) is 0 Å². The van der Waals surface area contributed by atoms with Crippen LogP contribution in [0.4, 0.5) is 0 Å². The third kappa shape index (κ3) is 20.8. The molecular weight excluding hydrogens is 1380 g/mol. The van der Waals surface area contributed by atoms with E-state index in [0.717, 1.165) is 33.4 Å². The predicted octanol–water partition coefficient (Wildman–Crippen LogP) is 13.2. The average Bonchev–Trinajstić information content (AvgIpc) is 0.759. The van der Waals surface area contributed by atoms with Crippen molar-refractivity contribution in [3.63, 3.8) is 0 Å². The molecule has 3 saturated heterocycles. The Morgan fingerprint density at radius 3 is 0.898 bits per heavy atom. The van der Waals surface area contributed by atoms with E-state index in [1.54, 1.807) is 84.9 Å². The third-order valence-electron chi connectivity index (χ3n) is 18.4. The molecule has 0 aromatic heterocycles. The Morgan fingerprint density at radius 2 is 0.528 bits per heavy atom. The fraction of sp³-hybridized carbons (Fsp3) is 0.273. The van der Waals surface area contributed by atoms with Crippen LogP contribution in [0.5, 0.6) is 0 Å². The second-order valence-electron chi connectivity index (χ2n) is 26.1. The smallest absolute Gasteiger partial charge is 0.338 e. The SMILES string of the molecule is O=C(OC[C@H]1O[C@@H](O[C@H]2[C@H](OCc3ccccc3)[C@@H](OCc3ccccc3)[C@@H](O[C@H]3[C@H](OCc4ccccc4)[C@@H](OCc4ccccc4)[C@@H](O)O[C@@H]3COCc3ccccc3)O[C@@H]2COCc2ccccc2)[C@H](OC(=O)c2ccccc2)[C@H](OC(=O)c2ccccc2)[C@@H]1OC(=O)c1ccccc1)c1ccccc1. The topological polar surface area (TPSA) is 227 Å². The minimum Gasteiger partial charge on any atom is -0.459 e. The molecule has 20 nitrogen and oxygen atoms in total. The minimum atomic E-state index is -1.89. The summed E-state index contributed by atoms with van der Waals surface area (Å²) < 4.78 is 104. The monoisotopic (exact) mass is 1460 g/mol. The number of carbonyl (C=O) groups is 4. The molecule has 0 unspecified atom stereocenters. The number of carbonyl (C=O) groups excluding carboxylic acids is 4. The van der Waals surface area contributed by atoms with Crippen molar-refractivity contribution in [2.24, 2.45) is 0 Å². The molecule has 1 N–H and O–H groups in total. The summed E-state index contributed by atoms with van der Waals surface area (Å²) in [6, 6.07) is 89.5. The van der Waals surface area contributed by atoms with Gasteiger partial charge in [0.15, 0.2) is 37.2 Å². The molecule has 10 aromatic carbocycles. The number of benzene rings is 10. The lowest BCUT2D eigenvalue weighted by atomic mass is 9.95. The number of rotatable bonds is 33. The van der Waals surface area contributed by atoms with E-state index in [4.69, 9.17) is 71.1 Å². The summed E-state index contributed by atoms with van der Waals surface area (Å²) in [4.78, 5) is 59.0. The summed E-state index contributed by atoms with van der Waals surface area (Å²) in [5, 5.41) is 12.4. The predicted molar refractivity (Wildman–Crippen MR) is 394 cm³/mol. The van der Waals surface area contributed by atoms with Crippen LogP contribution < -0.4 is 0 Å². The van der Waals surface area contributed by atoms with Crippen LogP contribution in [-0.4, -0.2) is 141 Å². The van der Waals surface area contributed by atoms with E-state index in [0.29, 0.717) is 0 Å². The van der Waals surface area contributed by atoms with E-state index < -0.39 is 123 Å². The van der Waals surface area contributed by atoms with Crippen LogP contribution in [-0.2, 0) is 111 Å². The van der Waals surface area contributed by atoms with Crippen molar-refractivity contribution in [2.75, 3.05) is 19.8 Å². The number of hydrogen-bond acceptors (Lipinski definition) is 20. The lowest BCUT2D eigenvalue weighted by Gasteiger charge is -2.51. The van der Waals surface area contributed by atoms with Gasteiger partial charge in [0.2, 0.25) is 0 Å². The molecule has 556 valence electrons. The van der Waals surface area contributed by atoms with Crippen LogP contribution in [0.3, 0.4) is 0 Å². The zero-order chi connectivity index (χ0) is 74.1. The Balaban J connectivity index is 0.956. The molecule has 0 radical (unpaired) electrons. The lowest BCUT2D eigenvalue weighted by Crippen LogP contribution is -2.68. The summed E-state index contributed by atoms with van der Waals surface area (Å²) >= 11 is 0. The second-order valence-corrected chi connectivity index (χ2v) is 26.1. The highest BCUT2D eigenvalue weighted by Gasteiger charge is 2.59. The first-order valence-corrected chi connectivity index (χ1v) is 35.9. The fourth-order valence-electron chi connectivity index (χ4n) is 13.0. The van der Waals surface area contributed by atoms with Crippen molar-refractivity contribution in [1.29, 1.82) is 0 Å². The first-order valence-electron chi connectivity index (χ1n) is 35.9. The fourth-order valence-corrected chi connectivity index (χ4v) is 13.0. The van der Waals surface area contributed by atoms with Crippen LogP contribution in [0.2, 0.25) is 0 Å². The summed E-state index contributed by atoms with van der Waals surface area (Å²) in [5.41, 5.74) is 5.23. The standard InChI is InChI=1S/C88H84O20/c89-82(66-43-23-7-24-44-66)100-59-72-75(104-83(90)67-45-25-8-26-46-67)78(105-84(91)68-47-27-9-28-48-68)81(106-85(92)69-49-29-10-30-50-69)88(103-72)108-74-71(58-95-52-61-33-13-2-14-34-61)102-87(80(99-56-65-41-21-6-22-42-65)77(74)97-54-63-37-17-4-18-38-63)107-73-70(57-94-51-60-31-11-1-12-32-60)101-86(93)79(98-55-64-39-19-5-20-40-64)76(73)96-53-62-35-15-3-16-36-62/h1-50,70-81,86-88,93H,51-59H2/t70-,71-,72-,73-,74-,75-,76+,77+,78-,79-,80-,81-,86+,87-,88+/m1/s1. The molecule has 0 saturated carbocycles. The summed E-state index contributed by atoms with van der Waals surface area (Å²) in [6.45, 7) is -0.930. The van der Waals surface area contributed by atoms with Crippen LogP contribution in [0.25, 0.3) is 0 Å².